The maximum atomic E-state index is 11.6. The first-order valence-electron chi connectivity index (χ1n) is 4.46. The number of nitrogens with one attached hydrogen (secondary N) is 1. The number of hydrogen-bond acceptors (Lipinski definition) is 4. The molecule has 3 aromatic rings. The predicted molar refractivity (Wildman–Crippen MR) is 53.6 cm³/mol. The van der Waals surface area contributed by atoms with E-state index < -0.39 is 0 Å². The average Bonchev–Trinajstić information content (AvgIpc) is 2.61. The van der Waals surface area contributed by atoms with Crippen molar-refractivity contribution in [3.63, 3.8) is 0 Å². The molecule has 0 bridgehead atoms. The zero-order valence-corrected chi connectivity index (χ0v) is 7.93. The van der Waals surface area contributed by atoms with Crippen LogP contribution in [-0.2, 0) is 0 Å². The van der Waals surface area contributed by atoms with Crippen LogP contribution in [-0.4, -0.2) is 24.6 Å². The van der Waals surface area contributed by atoms with Crippen LogP contribution in [0.15, 0.2) is 23.1 Å². The minimum atomic E-state index is -0.322. The zero-order valence-electron chi connectivity index (χ0n) is 7.93. The van der Waals surface area contributed by atoms with E-state index >= 15 is 0 Å². The van der Waals surface area contributed by atoms with Crippen LogP contribution in [0.4, 0.5) is 0 Å². The molecule has 0 saturated carbocycles. The van der Waals surface area contributed by atoms with E-state index in [1.54, 1.807) is 19.2 Å². The van der Waals surface area contributed by atoms with Crippen LogP contribution in [0, 0.1) is 6.92 Å². The van der Waals surface area contributed by atoms with Gasteiger partial charge in [-0.1, -0.05) is 0 Å². The van der Waals surface area contributed by atoms with Gasteiger partial charge >= 0.3 is 5.69 Å². The lowest BCUT2D eigenvalue weighted by Gasteiger charge is -1.96. The molecule has 6 heteroatoms. The molecule has 0 saturated heterocycles. The maximum Gasteiger partial charge on any atom is 0.349 e. The number of rotatable bonds is 0. The van der Waals surface area contributed by atoms with Gasteiger partial charge in [-0.15, -0.1) is 5.10 Å². The lowest BCUT2D eigenvalue weighted by atomic mass is 10.3. The molecule has 0 fully saturated rings. The molecule has 0 aromatic carbocycles. The van der Waals surface area contributed by atoms with Crippen LogP contribution < -0.4 is 5.69 Å². The minimum Gasteiger partial charge on any atom is -0.290 e. The van der Waals surface area contributed by atoms with Crippen molar-refractivity contribution in [3.8, 4) is 0 Å². The number of H-pyrrole nitrogens is 1. The maximum absolute atomic E-state index is 11.6. The Morgan fingerprint density at radius 2 is 2.33 bits per heavy atom. The SMILES string of the molecule is Cc1nc2c3cccnc3[nH]c(=O)n2n1. The van der Waals surface area contributed by atoms with E-state index in [0.29, 0.717) is 17.1 Å². The second-order valence-electron chi connectivity index (χ2n) is 3.22. The first kappa shape index (κ1) is 8.10. The van der Waals surface area contributed by atoms with Crippen LogP contribution in [0.1, 0.15) is 5.82 Å². The van der Waals surface area contributed by atoms with Crippen molar-refractivity contribution in [1.82, 2.24) is 24.6 Å². The van der Waals surface area contributed by atoms with Gasteiger partial charge in [0.25, 0.3) is 0 Å². The fourth-order valence-corrected chi connectivity index (χ4v) is 1.57. The normalized spacial score (nSPS) is 11.3. The monoisotopic (exact) mass is 201 g/mol. The molecule has 74 valence electrons. The Bertz CT molecular complexity index is 711. The lowest BCUT2D eigenvalue weighted by Crippen LogP contribution is -2.17. The van der Waals surface area contributed by atoms with Gasteiger partial charge < -0.3 is 0 Å². The van der Waals surface area contributed by atoms with Crippen molar-refractivity contribution < 1.29 is 0 Å². The van der Waals surface area contributed by atoms with E-state index in [1.807, 2.05) is 6.07 Å². The molecule has 0 atom stereocenters. The molecular weight excluding hydrogens is 194 g/mol. The molecule has 6 nitrogen and oxygen atoms in total. The van der Waals surface area contributed by atoms with Gasteiger partial charge in [-0.25, -0.2) is 14.8 Å². The summed E-state index contributed by atoms with van der Waals surface area (Å²) in [4.78, 5) is 22.5. The molecule has 0 unspecified atom stereocenters. The smallest absolute Gasteiger partial charge is 0.290 e. The molecule has 0 aliphatic rings. The number of nitrogens with zero attached hydrogens (tertiary/aromatic N) is 4. The van der Waals surface area contributed by atoms with Crippen molar-refractivity contribution in [3.05, 3.63) is 34.6 Å². The molecule has 0 amide bonds. The Morgan fingerprint density at radius 1 is 1.47 bits per heavy atom. The molecule has 0 aliphatic heterocycles. The second-order valence-corrected chi connectivity index (χ2v) is 3.22. The van der Waals surface area contributed by atoms with Gasteiger partial charge in [0.15, 0.2) is 5.65 Å². The third kappa shape index (κ3) is 1.04. The highest BCUT2D eigenvalue weighted by molar-refractivity contribution is 5.87. The summed E-state index contributed by atoms with van der Waals surface area (Å²) in [6, 6.07) is 3.65. The van der Waals surface area contributed by atoms with E-state index in [-0.39, 0.29) is 5.69 Å². The van der Waals surface area contributed by atoms with Crippen LogP contribution in [0.5, 0.6) is 0 Å². The van der Waals surface area contributed by atoms with Crippen LogP contribution in [0.3, 0.4) is 0 Å². The molecule has 15 heavy (non-hydrogen) atoms. The Hall–Kier alpha value is -2.24. The van der Waals surface area contributed by atoms with Crippen LogP contribution in [0.25, 0.3) is 16.7 Å². The molecule has 3 heterocycles. The molecule has 3 rings (SSSR count). The quantitative estimate of drug-likeness (QED) is 0.566. The standard InChI is InChI=1S/C9H7N5O/c1-5-11-8-6-3-2-4-10-7(6)12-9(15)14(8)13-5/h2-4H,1H3,(H,10,12,15). The third-order valence-corrected chi connectivity index (χ3v) is 2.18. The molecule has 0 aliphatic carbocycles. The largest absolute Gasteiger partial charge is 0.349 e. The summed E-state index contributed by atoms with van der Waals surface area (Å²) in [5, 5.41) is 4.79. The average molecular weight is 201 g/mol. The van der Waals surface area contributed by atoms with Crippen molar-refractivity contribution in [2.75, 3.05) is 0 Å². The summed E-state index contributed by atoms with van der Waals surface area (Å²) < 4.78 is 1.25. The van der Waals surface area contributed by atoms with E-state index in [2.05, 4.69) is 20.1 Å². The topological polar surface area (TPSA) is 75.9 Å². The highest BCUT2D eigenvalue weighted by Crippen LogP contribution is 2.11. The van der Waals surface area contributed by atoms with Gasteiger partial charge in [-0.05, 0) is 19.1 Å². The van der Waals surface area contributed by atoms with Crippen molar-refractivity contribution in [1.29, 1.82) is 0 Å². The second kappa shape index (κ2) is 2.63. The van der Waals surface area contributed by atoms with Gasteiger partial charge in [0.05, 0.1) is 5.39 Å². The van der Waals surface area contributed by atoms with Gasteiger partial charge in [-0.3, -0.25) is 4.98 Å². The first-order chi connectivity index (χ1) is 7.25. The number of aromatic amines is 1. The Morgan fingerprint density at radius 3 is 3.20 bits per heavy atom. The van der Waals surface area contributed by atoms with Crippen LogP contribution in [0.2, 0.25) is 0 Å². The Labute approximate surface area is 83.6 Å². The molecule has 3 aromatic heterocycles. The van der Waals surface area contributed by atoms with E-state index in [1.165, 1.54) is 4.52 Å². The number of pyridine rings is 1. The Balaban J connectivity index is 2.69. The number of fused-ring (bicyclic) bond motifs is 3. The van der Waals surface area contributed by atoms with Gasteiger partial charge in [0.1, 0.15) is 11.5 Å². The van der Waals surface area contributed by atoms with Crippen LogP contribution >= 0.6 is 0 Å². The van der Waals surface area contributed by atoms with E-state index in [4.69, 9.17) is 0 Å². The fourth-order valence-electron chi connectivity index (χ4n) is 1.57. The molecular formula is C9H7N5O. The molecule has 0 spiro atoms. The zero-order chi connectivity index (χ0) is 10.4. The first-order valence-corrected chi connectivity index (χ1v) is 4.46. The minimum absolute atomic E-state index is 0.322. The van der Waals surface area contributed by atoms with Gasteiger partial charge in [0, 0.05) is 6.20 Å². The summed E-state index contributed by atoms with van der Waals surface area (Å²) in [6.45, 7) is 1.74. The summed E-state index contributed by atoms with van der Waals surface area (Å²) in [5.74, 6) is 0.567. The highest BCUT2D eigenvalue weighted by Gasteiger charge is 2.08. The van der Waals surface area contributed by atoms with Crippen molar-refractivity contribution in [2.24, 2.45) is 0 Å². The van der Waals surface area contributed by atoms with E-state index in [0.717, 1.165) is 5.39 Å². The number of aryl methyl sites for hydroxylation is 1. The summed E-state index contributed by atoms with van der Waals surface area (Å²) >= 11 is 0. The van der Waals surface area contributed by atoms with Gasteiger partial charge in [0.2, 0.25) is 0 Å². The molecule has 0 radical (unpaired) electrons. The van der Waals surface area contributed by atoms with Crippen molar-refractivity contribution in [2.45, 2.75) is 6.92 Å². The predicted octanol–water partition coefficient (Wildman–Crippen LogP) is 0.274. The number of aromatic nitrogens is 5. The summed E-state index contributed by atoms with van der Waals surface area (Å²) in [6.07, 6.45) is 1.62. The summed E-state index contributed by atoms with van der Waals surface area (Å²) in [7, 11) is 0. The molecule has 1 N–H and O–H groups in total. The van der Waals surface area contributed by atoms with E-state index in [9.17, 15) is 4.79 Å². The third-order valence-electron chi connectivity index (χ3n) is 2.18. The number of hydrogen-bond donors (Lipinski definition) is 1. The highest BCUT2D eigenvalue weighted by atomic mass is 16.1. The Kier molecular flexibility index (Phi) is 1.42. The van der Waals surface area contributed by atoms with Gasteiger partial charge in [-0.2, -0.15) is 4.52 Å². The van der Waals surface area contributed by atoms with Crippen molar-refractivity contribution >= 4 is 16.7 Å². The summed E-state index contributed by atoms with van der Waals surface area (Å²) in [5.41, 5.74) is 0.749. The lowest BCUT2D eigenvalue weighted by molar-refractivity contribution is 0.860. The fraction of sp³-hybridized carbons (Fsp3) is 0.111.